The minimum Gasteiger partial charge on any atom is -0.349 e. The van der Waals surface area contributed by atoms with Crippen molar-refractivity contribution in [2.75, 3.05) is 13.1 Å². The molecule has 27 heavy (non-hydrogen) atoms. The molecular formula is C20H20N4O3. The van der Waals surface area contributed by atoms with Gasteiger partial charge in [0.15, 0.2) is 0 Å². The van der Waals surface area contributed by atoms with E-state index in [1.807, 2.05) is 0 Å². The van der Waals surface area contributed by atoms with Crippen molar-refractivity contribution in [3.05, 3.63) is 65.0 Å². The van der Waals surface area contributed by atoms with Crippen LogP contribution in [0, 0.1) is 0 Å². The highest BCUT2D eigenvalue weighted by Crippen LogP contribution is 2.25. The van der Waals surface area contributed by atoms with Gasteiger partial charge in [-0.15, -0.1) is 0 Å². The van der Waals surface area contributed by atoms with Crippen molar-refractivity contribution in [3.8, 4) is 0 Å². The third-order valence-electron chi connectivity index (χ3n) is 5.00. The van der Waals surface area contributed by atoms with E-state index in [9.17, 15) is 14.4 Å². The zero-order valence-electron chi connectivity index (χ0n) is 14.8. The molecule has 4 rings (SSSR count). The summed E-state index contributed by atoms with van der Waals surface area (Å²) in [6.07, 6.45) is 5.01. The molecule has 7 heteroatoms. The Hall–Kier alpha value is -3.06. The molecule has 2 aromatic rings. The number of amides is 3. The highest BCUT2D eigenvalue weighted by Gasteiger charge is 2.36. The number of carbonyl (C=O) groups excluding carboxylic acids is 3. The van der Waals surface area contributed by atoms with Crippen LogP contribution in [0.1, 0.15) is 49.5 Å². The second-order valence-electron chi connectivity index (χ2n) is 6.81. The Kier molecular flexibility index (Phi) is 4.68. The third-order valence-corrected chi connectivity index (χ3v) is 5.00. The number of imide groups is 1. The molecule has 138 valence electrons. The summed E-state index contributed by atoms with van der Waals surface area (Å²) in [5.74, 6) is -0.919. The van der Waals surface area contributed by atoms with Crippen LogP contribution >= 0.6 is 0 Å². The van der Waals surface area contributed by atoms with Crippen molar-refractivity contribution in [3.63, 3.8) is 0 Å². The summed E-state index contributed by atoms with van der Waals surface area (Å²) in [4.78, 5) is 43.0. The molecular weight excluding hydrogens is 344 g/mol. The van der Waals surface area contributed by atoms with Crippen LogP contribution in [-0.4, -0.2) is 46.7 Å². The van der Waals surface area contributed by atoms with E-state index < -0.39 is 0 Å². The van der Waals surface area contributed by atoms with Crippen molar-refractivity contribution in [1.29, 1.82) is 0 Å². The molecule has 3 heterocycles. The van der Waals surface area contributed by atoms with Crippen molar-refractivity contribution in [1.82, 2.24) is 20.5 Å². The molecule has 0 bridgehead atoms. The van der Waals surface area contributed by atoms with E-state index in [2.05, 4.69) is 15.6 Å². The number of carbonyl (C=O) groups is 3. The average Bonchev–Trinajstić information content (AvgIpc) is 2.94. The fourth-order valence-corrected chi connectivity index (χ4v) is 3.48. The van der Waals surface area contributed by atoms with E-state index in [4.69, 9.17) is 0 Å². The van der Waals surface area contributed by atoms with Crippen LogP contribution in [0.5, 0.6) is 0 Å². The number of aromatic nitrogens is 1. The lowest BCUT2D eigenvalue weighted by molar-refractivity contribution is 0.0642. The zero-order valence-corrected chi connectivity index (χ0v) is 14.8. The summed E-state index contributed by atoms with van der Waals surface area (Å²) in [6.45, 7) is 1.95. The van der Waals surface area contributed by atoms with Crippen LogP contribution in [0.3, 0.4) is 0 Å². The number of rotatable bonds is 4. The Morgan fingerprint density at radius 3 is 2.52 bits per heavy atom. The first-order valence-electron chi connectivity index (χ1n) is 9.04. The number of hydrogen-bond acceptors (Lipinski definition) is 5. The van der Waals surface area contributed by atoms with E-state index in [1.54, 1.807) is 36.7 Å². The normalized spacial score (nSPS) is 17.1. The molecule has 0 saturated carbocycles. The van der Waals surface area contributed by atoms with Crippen molar-refractivity contribution < 1.29 is 14.4 Å². The first-order valence-corrected chi connectivity index (χ1v) is 9.04. The standard InChI is InChI=1S/C20H20N4O3/c25-18(23-15-5-9-22-10-6-15)14-1-2-16-17(11-14)20(27)24(19(16)26)12-13-3-7-21-8-4-13/h1-4,7-8,11,15,22H,5-6,9-10,12H2,(H,23,25). The minimum atomic E-state index is -0.372. The van der Waals surface area contributed by atoms with Crippen LogP contribution < -0.4 is 10.6 Å². The highest BCUT2D eigenvalue weighted by atomic mass is 16.2. The predicted octanol–water partition coefficient (Wildman–Crippen LogP) is 1.36. The molecule has 0 spiro atoms. The van der Waals surface area contributed by atoms with Crippen LogP contribution in [-0.2, 0) is 6.54 Å². The van der Waals surface area contributed by atoms with Gasteiger partial charge in [-0.05, 0) is 61.8 Å². The number of nitrogens with zero attached hydrogens (tertiary/aromatic N) is 2. The average molecular weight is 364 g/mol. The summed E-state index contributed by atoms with van der Waals surface area (Å²) < 4.78 is 0. The van der Waals surface area contributed by atoms with E-state index >= 15 is 0 Å². The quantitative estimate of drug-likeness (QED) is 0.800. The largest absolute Gasteiger partial charge is 0.349 e. The van der Waals surface area contributed by atoms with Crippen LogP contribution in [0.25, 0.3) is 0 Å². The monoisotopic (exact) mass is 364 g/mol. The maximum absolute atomic E-state index is 12.7. The number of nitrogens with one attached hydrogen (secondary N) is 2. The molecule has 1 aromatic heterocycles. The maximum Gasteiger partial charge on any atom is 0.261 e. The van der Waals surface area contributed by atoms with Crippen molar-refractivity contribution in [2.45, 2.75) is 25.4 Å². The molecule has 1 saturated heterocycles. The van der Waals surface area contributed by atoms with Crippen LogP contribution in [0.2, 0.25) is 0 Å². The smallest absolute Gasteiger partial charge is 0.261 e. The molecule has 2 N–H and O–H groups in total. The third kappa shape index (κ3) is 3.46. The Balaban J connectivity index is 1.52. The SMILES string of the molecule is O=C(NC1CCNCC1)c1ccc2c(c1)C(=O)N(Cc1ccncc1)C2=O. The molecule has 0 atom stereocenters. The Morgan fingerprint density at radius 1 is 1.07 bits per heavy atom. The number of piperidine rings is 1. The van der Waals surface area contributed by atoms with Crippen molar-refractivity contribution in [2.24, 2.45) is 0 Å². The number of pyridine rings is 1. The van der Waals surface area contributed by atoms with Gasteiger partial charge in [-0.25, -0.2) is 0 Å². The minimum absolute atomic E-state index is 0.132. The van der Waals surface area contributed by atoms with E-state index in [-0.39, 0.29) is 35.9 Å². The van der Waals surface area contributed by atoms with E-state index in [1.165, 1.54) is 11.0 Å². The fraction of sp³-hybridized carbons (Fsp3) is 0.300. The number of fused-ring (bicyclic) bond motifs is 1. The van der Waals surface area contributed by atoms with Crippen LogP contribution in [0.15, 0.2) is 42.7 Å². The molecule has 0 unspecified atom stereocenters. The Labute approximate surface area is 156 Å². The first-order chi connectivity index (χ1) is 13.1. The van der Waals surface area contributed by atoms with Gasteiger partial charge in [0.1, 0.15) is 0 Å². The lowest BCUT2D eigenvalue weighted by atomic mass is 10.0. The van der Waals surface area contributed by atoms with Gasteiger partial charge in [-0.1, -0.05) is 0 Å². The van der Waals surface area contributed by atoms with Gasteiger partial charge in [0, 0.05) is 24.0 Å². The summed E-state index contributed by atoms with van der Waals surface area (Å²) in [5.41, 5.74) is 1.85. The van der Waals surface area contributed by atoms with E-state index in [0.29, 0.717) is 11.1 Å². The lowest BCUT2D eigenvalue weighted by Crippen LogP contribution is -2.42. The number of hydrogen-bond donors (Lipinski definition) is 2. The first kappa shape index (κ1) is 17.4. The maximum atomic E-state index is 12.7. The van der Waals surface area contributed by atoms with Crippen molar-refractivity contribution >= 4 is 17.7 Å². The van der Waals surface area contributed by atoms with E-state index in [0.717, 1.165) is 31.5 Å². The molecule has 0 radical (unpaired) electrons. The lowest BCUT2D eigenvalue weighted by Gasteiger charge is -2.23. The number of benzene rings is 1. The Morgan fingerprint density at radius 2 is 1.78 bits per heavy atom. The molecule has 3 amide bonds. The van der Waals surface area contributed by atoms with Gasteiger partial charge in [0.25, 0.3) is 17.7 Å². The van der Waals surface area contributed by atoms with Gasteiger partial charge in [0.05, 0.1) is 17.7 Å². The summed E-state index contributed by atoms with van der Waals surface area (Å²) >= 11 is 0. The van der Waals surface area contributed by atoms with Gasteiger partial charge < -0.3 is 10.6 Å². The van der Waals surface area contributed by atoms with Gasteiger partial charge >= 0.3 is 0 Å². The topological polar surface area (TPSA) is 91.4 Å². The van der Waals surface area contributed by atoms with Gasteiger partial charge in [-0.3, -0.25) is 24.3 Å². The molecule has 2 aliphatic heterocycles. The molecule has 7 nitrogen and oxygen atoms in total. The molecule has 1 aromatic carbocycles. The zero-order chi connectivity index (χ0) is 18.8. The Bertz CT molecular complexity index is 891. The predicted molar refractivity (Wildman–Crippen MR) is 98.2 cm³/mol. The second kappa shape index (κ2) is 7.28. The van der Waals surface area contributed by atoms with Gasteiger partial charge in [-0.2, -0.15) is 0 Å². The summed E-state index contributed by atoms with van der Waals surface area (Å²) in [6, 6.07) is 8.37. The second-order valence-corrected chi connectivity index (χ2v) is 6.81. The summed E-state index contributed by atoms with van der Waals surface area (Å²) in [7, 11) is 0. The molecule has 1 fully saturated rings. The highest BCUT2D eigenvalue weighted by molar-refractivity contribution is 6.22. The summed E-state index contributed by atoms with van der Waals surface area (Å²) in [5, 5.41) is 6.26. The molecule has 0 aliphatic carbocycles. The fourth-order valence-electron chi connectivity index (χ4n) is 3.48. The molecule has 2 aliphatic rings. The van der Waals surface area contributed by atoms with Crippen LogP contribution in [0.4, 0.5) is 0 Å². The van der Waals surface area contributed by atoms with Gasteiger partial charge in [0.2, 0.25) is 0 Å².